The predicted molar refractivity (Wildman–Crippen MR) is 164 cm³/mol. The quantitative estimate of drug-likeness (QED) is 0.358. The zero-order valence-electron chi connectivity index (χ0n) is 24.2. The monoisotopic (exact) mass is 604 g/mol. The zero-order valence-corrected chi connectivity index (χ0v) is 25.7. The van der Waals surface area contributed by atoms with Crippen molar-refractivity contribution in [3.05, 3.63) is 57.6 Å². The summed E-state index contributed by atoms with van der Waals surface area (Å²) in [5, 5.41) is 17.0. The van der Waals surface area contributed by atoms with Gasteiger partial charge in [0.2, 0.25) is 5.91 Å². The first-order chi connectivity index (χ1) is 19.6. The van der Waals surface area contributed by atoms with E-state index in [1.54, 1.807) is 11.0 Å². The van der Waals surface area contributed by atoms with Crippen LogP contribution >= 0.6 is 23.2 Å². The van der Waals surface area contributed by atoms with Gasteiger partial charge in [-0.2, -0.15) is 0 Å². The third-order valence-corrected chi connectivity index (χ3v) is 8.78. The smallest absolute Gasteiger partial charge is 0.319 e. The Bertz CT molecular complexity index is 1210. The number of halogens is 2. The maximum absolute atomic E-state index is 13.5. The van der Waals surface area contributed by atoms with E-state index in [2.05, 4.69) is 22.5 Å². The normalized spacial score (nSPS) is 20.9. The summed E-state index contributed by atoms with van der Waals surface area (Å²) in [4.78, 5) is 30.1. The lowest BCUT2D eigenvalue weighted by atomic mass is 9.96. The number of anilines is 1. The molecule has 0 bridgehead atoms. The van der Waals surface area contributed by atoms with E-state index in [9.17, 15) is 14.7 Å². The van der Waals surface area contributed by atoms with Gasteiger partial charge < -0.3 is 25.4 Å². The number of nitrogens with one attached hydrogen (secondary N) is 2. The first-order valence-electron chi connectivity index (χ1n) is 14.5. The number of carbonyl (C=O) groups is 2. The maximum atomic E-state index is 13.5. The number of aliphatic hydroxyl groups is 1. The average Bonchev–Trinajstić information content (AvgIpc) is 2.98. The van der Waals surface area contributed by atoms with Crippen molar-refractivity contribution in [2.75, 3.05) is 32.1 Å². The van der Waals surface area contributed by atoms with Crippen LogP contribution in [0.5, 0.6) is 5.75 Å². The molecule has 0 saturated heterocycles. The highest BCUT2D eigenvalue weighted by Crippen LogP contribution is 2.30. The van der Waals surface area contributed by atoms with Crippen LogP contribution in [-0.2, 0) is 17.8 Å². The number of benzene rings is 2. The first kappa shape index (κ1) is 31.4. The van der Waals surface area contributed by atoms with E-state index in [0.29, 0.717) is 46.7 Å². The molecule has 8 nitrogen and oxygen atoms in total. The zero-order chi connectivity index (χ0) is 29.5. The van der Waals surface area contributed by atoms with Crippen molar-refractivity contribution in [3.8, 4) is 5.75 Å². The van der Waals surface area contributed by atoms with Crippen LogP contribution in [0.25, 0.3) is 0 Å². The van der Waals surface area contributed by atoms with Gasteiger partial charge in [0, 0.05) is 42.8 Å². The van der Waals surface area contributed by atoms with Gasteiger partial charge in [-0.1, -0.05) is 55.5 Å². The van der Waals surface area contributed by atoms with Crippen molar-refractivity contribution in [3.63, 3.8) is 0 Å². The summed E-state index contributed by atoms with van der Waals surface area (Å²) in [6.45, 7) is 5.48. The second kappa shape index (κ2) is 14.6. The first-order valence-corrected chi connectivity index (χ1v) is 15.3. The van der Waals surface area contributed by atoms with Crippen molar-refractivity contribution in [2.45, 2.75) is 77.1 Å². The summed E-state index contributed by atoms with van der Waals surface area (Å²) >= 11 is 12.3. The number of rotatable bonds is 8. The molecule has 2 aliphatic rings. The molecule has 3 N–H and O–H groups in total. The van der Waals surface area contributed by atoms with Gasteiger partial charge in [-0.05, 0) is 62.7 Å². The fraction of sp³-hybridized carbons (Fsp3) is 0.548. The highest BCUT2D eigenvalue weighted by Gasteiger charge is 2.31. The second-order valence-corrected chi connectivity index (χ2v) is 12.4. The number of ether oxygens (including phenoxy) is 1. The summed E-state index contributed by atoms with van der Waals surface area (Å²) in [6.07, 6.45) is 5.35. The molecule has 3 atom stereocenters. The largest absolute Gasteiger partial charge is 0.488 e. The Morgan fingerprint density at radius 2 is 1.90 bits per heavy atom. The summed E-state index contributed by atoms with van der Waals surface area (Å²) in [6, 6.07) is 10.7. The third-order valence-electron chi connectivity index (χ3n) is 8.04. The molecule has 1 heterocycles. The Morgan fingerprint density at radius 1 is 1.15 bits per heavy atom. The molecule has 0 aromatic heterocycles. The average molecular weight is 606 g/mol. The van der Waals surface area contributed by atoms with Crippen molar-refractivity contribution in [2.24, 2.45) is 5.92 Å². The SMILES string of the molecule is C[C@@H]1CN([C@H](C)CO)C(=O)Cc2cc(NC(=O)NC3CCCCC3)ccc2O[C@H]1CN(C)Cc1ccc(Cl)c(Cl)c1. The molecule has 1 fully saturated rings. The molecule has 2 aromatic rings. The van der Waals surface area contributed by atoms with E-state index < -0.39 is 0 Å². The van der Waals surface area contributed by atoms with E-state index in [1.165, 1.54) is 6.42 Å². The van der Waals surface area contributed by atoms with Crippen LogP contribution in [0, 0.1) is 5.92 Å². The van der Waals surface area contributed by atoms with E-state index in [4.69, 9.17) is 27.9 Å². The van der Waals surface area contributed by atoms with Gasteiger partial charge in [-0.25, -0.2) is 4.79 Å². The minimum atomic E-state index is -0.330. The minimum absolute atomic E-state index is 0.0192. The molecular formula is C31H42Cl2N4O4. The molecule has 1 aliphatic heterocycles. The standard InChI is InChI=1S/C31H42Cl2N4O4/c1-20-16-37(21(2)19-38)30(39)15-23-14-25(35-31(40)34-24-7-5-4-6-8-24)10-12-28(23)41-29(20)18-36(3)17-22-9-11-26(32)27(33)13-22/h9-14,20-21,24,29,38H,4-8,15-19H2,1-3H3,(H2,34,35,40)/t20-,21-,29+/m1/s1. The molecule has 2 aromatic carbocycles. The van der Waals surface area contributed by atoms with Crippen molar-refractivity contribution in [1.29, 1.82) is 0 Å². The van der Waals surface area contributed by atoms with Crippen LogP contribution in [0.2, 0.25) is 10.0 Å². The van der Waals surface area contributed by atoms with E-state index in [0.717, 1.165) is 31.2 Å². The van der Waals surface area contributed by atoms with Gasteiger partial charge in [0.05, 0.1) is 29.1 Å². The molecule has 4 rings (SSSR count). The van der Waals surface area contributed by atoms with Gasteiger partial charge >= 0.3 is 6.03 Å². The van der Waals surface area contributed by atoms with Crippen molar-refractivity contribution < 1.29 is 19.4 Å². The van der Waals surface area contributed by atoms with Crippen LogP contribution < -0.4 is 15.4 Å². The number of aliphatic hydroxyl groups excluding tert-OH is 1. The van der Waals surface area contributed by atoms with E-state index >= 15 is 0 Å². The molecule has 224 valence electrons. The lowest BCUT2D eigenvalue weighted by Crippen LogP contribution is -2.47. The number of fused-ring (bicyclic) bond motifs is 1. The topological polar surface area (TPSA) is 94.1 Å². The lowest BCUT2D eigenvalue weighted by Gasteiger charge is -2.34. The number of amides is 3. The Labute approximate surface area is 253 Å². The van der Waals surface area contributed by atoms with Gasteiger partial charge in [-0.3, -0.25) is 9.69 Å². The van der Waals surface area contributed by atoms with Crippen LogP contribution in [0.1, 0.15) is 57.1 Å². The molecule has 0 radical (unpaired) electrons. The summed E-state index contributed by atoms with van der Waals surface area (Å²) in [5.74, 6) is 0.515. The van der Waals surface area contributed by atoms with Gasteiger partial charge in [0.25, 0.3) is 0 Å². The molecule has 41 heavy (non-hydrogen) atoms. The van der Waals surface area contributed by atoms with Crippen LogP contribution in [0.3, 0.4) is 0 Å². The molecule has 10 heteroatoms. The van der Waals surface area contributed by atoms with Gasteiger partial charge in [0.15, 0.2) is 0 Å². The number of likely N-dealkylation sites (N-methyl/N-ethyl adjacent to an activating group) is 1. The van der Waals surface area contributed by atoms with Crippen molar-refractivity contribution >= 4 is 40.8 Å². The number of nitrogens with zero attached hydrogens (tertiary/aromatic N) is 2. The highest BCUT2D eigenvalue weighted by molar-refractivity contribution is 6.42. The molecular weight excluding hydrogens is 563 g/mol. The Balaban J connectivity index is 1.54. The van der Waals surface area contributed by atoms with Crippen LogP contribution in [0.15, 0.2) is 36.4 Å². The molecule has 3 amide bonds. The molecule has 0 spiro atoms. The summed E-state index contributed by atoms with van der Waals surface area (Å²) in [7, 11) is 2.02. The van der Waals surface area contributed by atoms with E-state index in [1.807, 2.05) is 44.3 Å². The number of hydrogen-bond acceptors (Lipinski definition) is 5. The van der Waals surface area contributed by atoms with Gasteiger partial charge in [-0.15, -0.1) is 0 Å². The third kappa shape index (κ3) is 8.74. The molecule has 1 aliphatic carbocycles. The van der Waals surface area contributed by atoms with E-state index in [-0.39, 0.29) is 49.1 Å². The van der Waals surface area contributed by atoms with Gasteiger partial charge in [0.1, 0.15) is 11.9 Å². The Hall–Kier alpha value is -2.52. The summed E-state index contributed by atoms with van der Waals surface area (Å²) < 4.78 is 6.61. The number of hydrogen-bond donors (Lipinski definition) is 3. The fourth-order valence-corrected chi connectivity index (χ4v) is 5.97. The number of carbonyl (C=O) groups excluding carboxylic acids is 2. The highest BCUT2D eigenvalue weighted by atomic mass is 35.5. The predicted octanol–water partition coefficient (Wildman–Crippen LogP) is 5.73. The van der Waals surface area contributed by atoms with Crippen LogP contribution in [-0.4, -0.2) is 71.8 Å². The molecule has 0 unspecified atom stereocenters. The van der Waals surface area contributed by atoms with Crippen LogP contribution in [0.4, 0.5) is 10.5 Å². The molecule has 1 saturated carbocycles. The Kier molecular flexibility index (Phi) is 11.2. The minimum Gasteiger partial charge on any atom is -0.488 e. The number of urea groups is 1. The Morgan fingerprint density at radius 3 is 2.61 bits per heavy atom. The maximum Gasteiger partial charge on any atom is 0.319 e. The van der Waals surface area contributed by atoms with Crippen molar-refractivity contribution in [1.82, 2.24) is 15.1 Å². The summed E-state index contributed by atoms with van der Waals surface area (Å²) in [5.41, 5.74) is 2.34. The second-order valence-electron chi connectivity index (χ2n) is 11.6. The lowest BCUT2D eigenvalue weighted by molar-refractivity contribution is -0.134. The fourth-order valence-electron chi connectivity index (χ4n) is 5.65.